The van der Waals surface area contributed by atoms with Crippen LogP contribution in [0.3, 0.4) is 0 Å². The highest BCUT2D eigenvalue weighted by Gasteiger charge is 2.26. The molecule has 1 aliphatic heterocycles. The summed E-state index contributed by atoms with van der Waals surface area (Å²) in [6.07, 6.45) is 0. The molecule has 0 atom stereocenters. The molecule has 1 saturated heterocycles. The molecular weight excluding hydrogens is 124 g/mol. The molecule has 1 fully saturated rings. The molecule has 64 valence electrons. The van der Waals surface area contributed by atoms with E-state index >= 15 is 0 Å². The maximum atomic E-state index is 4.94. The molecule has 0 N–H and O–H groups in total. The fraction of sp³-hybridized carbons (Fsp3) is 1.00. The average Bonchev–Trinajstić information content (AvgIpc) is 1.94. The molecule has 1 rings (SSSR count). The fourth-order valence-corrected chi connectivity index (χ4v) is 0.510. The molecule has 0 aromatic heterocycles. The lowest BCUT2D eigenvalue weighted by molar-refractivity contribution is -0.0892. The molecule has 10 heavy (non-hydrogen) atoms. The topological polar surface area (TPSA) is 9.23 Å². The maximum Gasteiger partial charge on any atom is 0.0539 e. The number of rotatable bonds is 0. The van der Waals surface area contributed by atoms with Crippen molar-refractivity contribution in [1.82, 2.24) is 0 Å². The van der Waals surface area contributed by atoms with Crippen molar-refractivity contribution in [2.45, 2.75) is 41.5 Å². The fourth-order valence-electron chi connectivity index (χ4n) is 0.510. The van der Waals surface area contributed by atoms with Crippen LogP contribution in [0.2, 0.25) is 0 Å². The molecule has 0 aliphatic carbocycles. The lowest BCUT2D eigenvalue weighted by Gasteiger charge is -2.33. The molecule has 0 bridgehead atoms. The molecule has 1 nitrogen and oxygen atoms in total. The minimum atomic E-state index is 0.500. The predicted molar refractivity (Wildman–Crippen MR) is 47.3 cm³/mol. The SMILES string of the molecule is CC.CC.CC1(C)COC1. The van der Waals surface area contributed by atoms with Gasteiger partial charge in [-0.25, -0.2) is 0 Å². The summed E-state index contributed by atoms with van der Waals surface area (Å²) in [7, 11) is 0. The largest absolute Gasteiger partial charge is 0.380 e. The van der Waals surface area contributed by atoms with Crippen molar-refractivity contribution in [1.29, 1.82) is 0 Å². The van der Waals surface area contributed by atoms with Crippen molar-refractivity contribution < 1.29 is 4.74 Å². The first-order chi connectivity index (χ1) is 4.71. The van der Waals surface area contributed by atoms with E-state index in [1.165, 1.54) is 0 Å². The van der Waals surface area contributed by atoms with E-state index in [9.17, 15) is 0 Å². The molecule has 0 unspecified atom stereocenters. The Labute approximate surface area is 65.8 Å². The predicted octanol–water partition coefficient (Wildman–Crippen LogP) is 3.10. The zero-order valence-electron chi connectivity index (χ0n) is 8.32. The highest BCUT2D eigenvalue weighted by atomic mass is 16.5. The Morgan fingerprint density at radius 2 is 1.10 bits per heavy atom. The van der Waals surface area contributed by atoms with Gasteiger partial charge in [-0.3, -0.25) is 0 Å². The molecule has 0 saturated carbocycles. The molecule has 1 aliphatic rings. The van der Waals surface area contributed by atoms with Crippen LogP contribution in [0.4, 0.5) is 0 Å². The van der Waals surface area contributed by atoms with Crippen LogP contribution < -0.4 is 0 Å². The van der Waals surface area contributed by atoms with Crippen LogP contribution in [-0.2, 0) is 4.74 Å². The Kier molecular flexibility index (Phi) is 8.92. The monoisotopic (exact) mass is 146 g/mol. The van der Waals surface area contributed by atoms with Crippen molar-refractivity contribution in [3.63, 3.8) is 0 Å². The second-order valence-electron chi connectivity index (χ2n) is 2.66. The summed E-state index contributed by atoms with van der Waals surface area (Å²) < 4.78 is 4.94. The Balaban J connectivity index is 0. The van der Waals surface area contributed by atoms with Crippen LogP contribution in [0.15, 0.2) is 0 Å². The number of hydrogen-bond donors (Lipinski definition) is 0. The van der Waals surface area contributed by atoms with E-state index in [0.29, 0.717) is 5.41 Å². The quantitative estimate of drug-likeness (QED) is 0.510. The van der Waals surface area contributed by atoms with Crippen LogP contribution in [0, 0.1) is 5.41 Å². The first-order valence-corrected chi connectivity index (χ1v) is 4.28. The van der Waals surface area contributed by atoms with E-state index in [-0.39, 0.29) is 0 Å². The minimum absolute atomic E-state index is 0.500. The van der Waals surface area contributed by atoms with Gasteiger partial charge in [0.2, 0.25) is 0 Å². The van der Waals surface area contributed by atoms with E-state index in [0.717, 1.165) is 13.2 Å². The third-order valence-electron chi connectivity index (χ3n) is 0.986. The number of hydrogen-bond acceptors (Lipinski definition) is 1. The summed E-state index contributed by atoms with van der Waals surface area (Å²) >= 11 is 0. The van der Waals surface area contributed by atoms with Crippen molar-refractivity contribution >= 4 is 0 Å². The lowest BCUT2D eigenvalue weighted by atomic mass is 9.92. The van der Waals surface area contributed by atoms with E-state index < -0.39 is 0 Å². The normalized spacial score (nSPS) is 18.6. The summed E-state index contributed by atoms with van der Waals surface area (Å²) in [6, 6.07) is 0. The van der Waals surface area contributed by atoms with Gasteiger partial charge in [0, 0.05) is 5.41 Å². The zero-order chi connectivity index (χ0) is 8.62. The molecule has 1 heteroatoms. The molecule has 1 heterocycles. The molecule has 0 aromatic carbocycles. The lowest BCUT2D eigenvalue weighted by Crippen LogP contribution is -2.36. The third kappa shape index (κ3) is 6.09. The summed E-state index contributed by atoms with van der Waals surface area (Å²) in [5.41, 5.74) is 0.500. The maximum absolute atomic E-state index is 4.94. The Hall–Kier alpha value is -0.0400. The molecule has 0 spiro atoms. The van der Waals surface area contributed by atoms with Crippen molar-refractivity contribution in [2.24, 2.45) is 5.41 Å². The average molecular weight is 146 g/mol. The van der Waals surface area contributed by atoms with E-state index in [2.05, 4.69) is 13.8 Å². The van der Waals surface area contributed by atoms with Gasteiger partial charge in [0.1, 0.15) is 0 Å². The van der Waals surface area contributed by atoms with Gasteiger partial charge < -0.3 is 4.74 Å². The van der Waals surface area contributed by atoms with Crippen LogP contribution in [-0.4, -0.2) is 13.2 Å². The van der Waals surface area contributed by atoms with E-state index in [1.807, 2.05) is 27.7 Å². The van der Waals surface area contributed by atoms with Crippen molar-refractivity contribution in [3.05, 3.63) is 0 Å². The Bertz CT molecular complexity index is 51.7. The van der Waals surface area contributed by atoms with Crippen molar-refractivity contribution in [3.8, 4) is 0 Å². The highest BCUT2D eigenvalue weighted by Crippen LogP contribution is 2.24. The van der Waals surface area contributed by atoms with Gasteiger partial charge in [0.15, 0.2) is 0 Å². The third-order valence-corrected chi connectivity index (χ3v) is 0.986. The smallest absolute Gasteiger partial charge is 0.0539 e. The highest BCUT2D eigenvalue weighted by molar-refractivity contribution is 4.73. The van der Waals surface area contributed by atoms with Crippen LogP contribution >= 0.6 is 0 Å². The van der Waals surface area contributed by atoms with Gasteiger partial charge in [-0.15, -0.1) is 0 Å². The van der Waals surface area contributed by atoms with Crippen LogP contribution in [0.25, 0.3) is 0 Å². The van der Waals surface area contributed by atoms with Gasteiger partial charge in [0.25, 0.3) is 0 Å². The first kappa shape index (κ1) is 12.6. The van der Waals surface area contributed by atoms with Gasteiger partial charge in [0.05, 0.1) is 13.2 Å². The first-order valence-electron chi connectivity index (χ1n) is 4.28. The molecule has 0 amide bonds. The minimum Gasteiger partial charge on any atom is -0.380 e. The van der Waals surface area contributed by atoms with E-state index in [1.54, 1.807) is 0 Å². The molecule has 0 aromatic rings. The standard InChI is InChI=1S/C5H10O.2C2H6/c1-5(2)3-6-4-5;2*1-2/h3-4H2,1-2H3;2*1-2H3. The summed E-state index contributed by atoms with van der Waals surface area (Å²) in [6.45, 7) is 14.3. The van der Waals surface area contributed by atoms with E-state index in [4.69, 9.17) is 4.74 Å². The van der Waals surface area contributed by atoms with Crippen LogP contribution in [0.1, 0.15) is 41.5 Å². The second-order valence-corrected chi connectivity index (χ2v) is 2.66. The van der Waals surface area contributed by atoms with Gasteiger partial charge >= 0.3 is 0 Å². The zero-order valence-corrected chi connectivity index (χ0v) is 8.32. The summed E-state index contributed by atoms with van der Waals surface area (Å²) in [5, 5.41) is 0. The second kappa shape index (κ2) is 7.07. The number of ether oxygens (including phenoxy) is 1. The Morgan fingerprint density at radius 1 is 0.900 bits per heavy atom. The Morgan fingerprint density at radius 3 is 1.10 bits per heavy atom. The van der Waals surface area contributed by atoms with Crippen LogP contribution in [0.5, 0.6) is 0 Å². The van der Waals surface area contributed by atoms with Gasteiger partial charge in [-0.05, 0) is 0 Å². The van der Waals surface area contributed by atoms with Crippen molar-refractivity contribution in [2.75, 3.05) is 13.2 Å². The van der Waals surface area contributed by atoms with Gasteiger partial charge in [-0.1, -0.05) is 41.5 Å². The molecule has 0 radical (unpaired) electrons. The molecular formula is C9H22O. The van der Waals surface area contributed by atoms with Gasteiger partial charge in [-0.2, -0.15) is 0 Å². The summed E-state index contributed by atoms with van der Waals surface area (Å²) in [5.74, 6) is 0. The summed E-state index contributed by atoms with van der Waals surface area (Å²) in [4.78, 5) is 0.